The summed E-state index contributed by atoms with van der Waals surface area (Å²) in [6.07, 6.45) is 0.911. The fourth-order valence-corrected chi connectivity index (χ4v) is 0.840. The molecule has 0 aromatic heterocycles. The maximum atomic E-state index is 5.52. The summed E-state index contributed by atoms with van der Waals surface area (Å²) in [4.78, 5) is 0. The zero-order valence-electron chi connectivity index (χ0n) is 6.54. The number of rotatable bonds is 5. The van der Waals surface area contributed by atoms with Crippen molar-refractivity contribution in [2.75, 3.05) is 6.61 Å². The average Bonchev–Trinajstić information content (AvgIpc) is 1.88. The molecule has 0 saturated heterocycles. The van der Waals surface area contributed by atoms with Crippen molar-refractivity contribution in [3.8, 4) is 0 Å². The van der Waals surface area contributed by atoms with Crippen molar-refractivity contribution in [3.63, 3.8) is 0 Å². The van der Waals surface area contributed by atoms with E-state index in [-0.39, 0.29) is 12.1 Å². The van der Waals surface area contributed by atoms with E-state index in [1.807, 2.05) is 13.8 Å². The molecule has 0 N–H and O–H groups in total. The Labute approximate surface area is 66.4 Å². The number of ether oxygens (including phenoxy) is 1. The summed E-state index contributed by atoms with van der Waals surface area (Å²) in [5, 5.41) is 0. The maximum absolute atomic E-state index is 5.52. The van der Waals surface area contributed by atoms with Crippen LogP contribution in [0.4, 0.5) is 0 Å². The van der Waals surface area contributed by atoms with E-state index in [0.717, 1.165) is 6.42 Å². The minimum atomic E-state index is -0.157. The van der Waals surface area contributed by atoms with Gasteiger partial charge in [-0.3, -0.25) is 0 Å². The normalized spacial score (nSPS) is 16.7. The number of hydrogen-bond acceptors (Lipinski definition) is 2. The number of hydrogen-bond donors (Lipinski definition) is 0. The summed E-state index contributed by atoms with van der Waals surface area (Å²) >= 11 is 0. The van der Waals surface area contributed by atoms with Crippen LogP contribution in [0.15, 0.2) is 0 Å². The van der Waals surface area contributed by atoms with Crippen LogP contribution < -0.4 is 0 Å². The molecule has 58 valence electrons. The van der Waals surface area contributed by atoms with Gasteiger partial charge in [-0.25, -0.2) is 0 Å². The first-order valence-corrected chi connectivity index (χ1v) is 3.90. The molecular formula is C6H14BO2P. The highest BCUT2D eigenvalue weighted by atomic mass is 31.0. The van der Waals surface area contributed by atoms with Crippen molar-refractivity contribution >= 4 is 17.3 Å². The fourth-order valence-electron chi connectivity index (χ4n) is 0.569. The molecule has 0 spiro atoms. The molecule has 0 heterocycles. The molecule has 0 bridgehead atoms. The molecule has 2 nitrogen and oxygen atoms in total. The van der Waals surface area contributed by atoms with Crippen LogP contribution in [0, 0.1) is 0 Å². The Bertz CT molecular complexity index is 82.1. The minimum Gasteiger partial charge on any atom is -0.383 e. The summed E-state index contributed by atoms with van der Waals surface area (Å²) in [5.41, 5.74) is 0. The minimum absolute atomic E-state index is 0.0763. The lowest BCUT2D eigenvalue weighted by atomic mass is 9.97. The average molecular weight is 160 g/mol. The van der Waals surface area contributed by atoms with Gasteiger partial charge in [0.1, 0.15) is 7.85 Å². The smallest absolute Gasteiger partial charge is 0.108 e. The van der Waals surface area contributed by atoms with E-state index in [1.165, 1.54) is 0 Å². The molecule has 0 amide bonds. The van der Waals surface area contributed by atoms with Crippen molar-refractivity contribution < 1.29 is 9.26 Å². The van der Waals surface area contributed by atoms with Gasteiger partial charge >= 0.3 is 0 Å². The third-order valence-electron chi connectivity index (χ3n) is 1.14. The lowest BCUT2D eigenvalue weighted by molar-refractivity contribution is 0.0161. The largest absolute Gasteiger partial charge is 0.383 e. The Morgan fingerprint density at radius 3 is 2.60 bits per heavy atom. The summed E-state index contributed by atoms with van der Waals surface area (Å²) in [6.45, 7) is 4.48. The lowest BCUT2D eigenvalue weighted by Gasteiger charge is -2.16. The van der Waals surface area contributed by atoms with Gasteiger partial charge in [0.05, 0.1) is 12.7 Å². The predicted octanol–water partition coefficient (Wildman–Crippen LogP) is 1.10. The van der Waals surface area contributed by atoms with Crippen molar-refractivity contribution in [1.29, 1.82) is 0 Å². The van der Waals surface area contributed by atoms with Crippen LogP contribution in [0.25, 0.3) is 0 Å². The van der Waals surface area contributed by atoms with Crippen LogP contribution in [-0.4, -0.2) is 26.6 Å². The molecule has 4 heteroatoms. The van der Waals surface area contributed by atoms with Crippen LogP contribution in [0.3, 0.4) is 0 Å². The van der Waals surface area contributed by atoms with E-state index in [2.05, 4.69) is 9.47 Å². The van der Waals surface area contributed by atoms with E-state index in [0.29, 0.717) is 6.61 Å². The van der Waals surface area contributed by atoms with Gasteiger partial charge in [0, 0.05) is 15.5 Å². The van der Waals surface area contributed by atoms with Crippen LogP contribution in [-0.2, 0) is 9.26 Å². The van der Waals surface area contributed by atoms with E-state index in [4.69, 9.17) is 17.1 Å². The Morgan fingerprint density at radius 2 is 2.20 bits per heavy atom. The van der Waals surface area contributed by atoms with E-state index >= 15 is 0 Å². The lowest BCUT2D eigenvalue weighted by Crippen LogP contribution is -2.22. The highest BCUT2D eigenvalue weighted by molar-refractivity contribution is 7.09. The first-order valence-electron chi connectivity index (χ1n) is 3.43. The van der Waals surface area contributed by atoms with Crippen molar-refractivity contribution in [3.05, 3.63) is 0 Å². The first-order chi connectivity index (χ1) is 4.70. The van der Waals surface area contributed by atoms with Gasteiger partial charge in [0.2, 0.25) is 0 Å². The zero-order valence-corrected chi connectivity index (χ0v) is 7.69. The van der Waals surface area contributed by atoms with Gasteiger partial charge in [-0.15, -0.1) is 0 Å². The first kappa shape index (κ1) is 10.4. The van der Waals surface area contributed by atoms with Gasteiger partial charge < -0.3 is 9.26 Å². The van der Waals surface area contributed by atoms with Crippen LogP contribution in [0.1, 0.15) is 20.3 Å². The van der Waals surface area contributed by atoms with Gasteiger partial charge in [0.15, 0.2) is 0 Å². The highest BCUT2D eigenvalue weighted by Crippen LogP contribution is 2.00. The second-order valence-electron chi connectivity index (χ2n) is 2.23. The highest BCUT2D eigenvalue weighted by Gasteiger charge is 2.04. The Balaban J connectivity index is 3.27. The molecule has 3 unspecified atom stereocenters. The fraction of sp³-hybridized carbons (Fsp3) is 1.00. The topological polar surface area (TPSA) is 18.5 Å². The van der Waals surface area contributed by atoms with Crippen molar-refractivity contribution in [2.24, 2.45) is 0 Å². The monoisotopic (exact) mass is 160 g/mol. The quantitative estimate of drug-likeness (QED) is 0.442. The van der Waals surface area contributed by atoms with Gasteiger partial charge in [-0.1, -0.05) is 6.92 Å². The molecule has 3 atom stereocenters. The third-order valence-corrected chi connectivity index (χ3v) is 1.33. The molecular weight excluding hydrogens is 146 g/mol. The molecule has 0 rings (SSSR count). The van der Waals surface area contributed by atoms with Gasteiger partial charge in [0.25, 0.3) is 0 Å². The van der Waals surface area contributed by atoms with E-state index in [1.54, 1.807) is 0 Å². The summed E-state index contributed by atoms with van der Waals surface area (Å²) < 4.78 is 10.1. The Kier molecular flexibility index (Phi) is 6.40. The summed E-state index contributed by atoms with van der Waals surface area (Å²) in [7, 11) is 7.70. The molecule has 0 aliphatic heterocycles. The second-order valence-corrected chi connectivity index (χ2v) is 2.56. The van der Waals surface area contributed by atoms with E-state index in [9.17, 15) is 0 Å². The summed E-state index contributed by atoms with van der Waals surface area (Å²) in [5.74, 6) is 0. The standard InChI is InChI=1S/C6H14BO2P/c1-3-6(7)9-5(2)4-8-10/h5-6H,3-4,10H2,1-2H3. The Hall–Kier alpha value is 0.415. The molecule has 0 saturated carbocycles. The van der Waals surface area contributed by atoms with Crippen LogP contribution in [0.5, 0.6) is 0 Å². The maximum Gasteiger partial charge on any atom is 0.108 e. The second kappa shape index (κ2) is 6.15. The molecule has 0 fully saturated rings. The summed E-state index contributed by atoms with van der Waals surface area (Å²) in [6, 6.07) is -0.157. The molecule has 2 radical (unpaired) electrons. The van der Waals surface area contributed by atoms with Gasteiger partial charge in [-0.2, -0.15) is 0 Å². The molecule has 10 heavy (non-hydrogen) atoms. The molecule has 0 aromatic carbocycles. The third kappa shape index (κ3) is 5.22. The van der Waals surface area contributed by atoms with E-state index < -0.39 is 0 Å². The van der Waals surface area contributed by atoms with Crippen LogP contribution in [0.2, 0.25) is 0 Å². The molecule has 0 aromatic rings. The molecule has 0 aliphatic rings. The molecule has 0 aliphatic carbocycles. The predicted molar refractivity (Wildman–Crippen MR) is 46.0 cm³/mol. The van der Waals surface area contributed by atoms with Crippen LogP contribution >= 0.6 is 9.47 Å². The van der Waals surface area contributed by atoms with Crippen molar-refractivity contribution in [1.82, 2.24) is 0 Å². The Morgan fingerprint density at radius 1 is 1.60 bits per heavy atom. The zero-order chi connectivity index (χ0) is 7.98. The SMILES string of the molecule is [B]C(CC)OC(C)COP. The van der Waals surface area contributed by atoms with Gasteiger partial charge in [-0.05, 0) is 13.3 Å². The van der Waals surface area contributed by atoms with Crippen molar-refractivity contribution in [2.45, 2.75) is 32.4 Å².